The third-order valence-corrected chi connectivity index (χ3v) is 8.31. The van der Waals surface area contributed by atoms with E-state index in [1.165, 1.54) is 6.07 Å². The van der Waals surface area contributed by atoms with Crippen LogP contribution in [0.3, 0.4) is 0 Å². The Bertz CT molecular complexity index is 1130. The van der Waals surface area contributed by atoms with Crippen molar-refractivity contribution in [1.82, 2.24) is 10.0 Å². The lowest BCUT2D eigenvalue weighted by Gasteiger charge is -2.29. The molecule has 0 amide bonds. The quantitative estimate of drug-likeness (QED) is 0.530. The zero-order valence-corrected chi connectivity index (χ0v) is 21.2. The Morgan fingerprint density at radius 3 is 2.53 bits per heavy atom. The average Bonchev–Trinajstić information content (AvgIpc) is 3.43. The molecule has 0 spiro atoms. The fourth-order valence-corrected chi connectivity index (χ4v) is 6.06. The average molecular weight is 512 g/mol. The number of piperidine rings is 1. The van der Waals surface area contributed by atoms with Gasteiger partial charge in [-0.3, -0.25) is 0 Å². The molecule has 2 aromatic rings. The van der Waals surface area contributed by atoms with Gasteiger partial charge in [0.1, 0.15) is 5.82 Å². The standard InChI is InChI=1S/C23H30FN3O5S2/c1-15(2)31-23(28)32-27-10-7-16(8-11-27)20-14-33-22(25-20)17-6-9-26(13-17)21-5-4-18(12-19(21)24)34(3,29)30/h4-5,12,14-17H,6-11,13H2,1-3H3/t17-/m0/s1. The predicted octanol–water partition coefficient (Wildman–Crippen LogP) is 4.34. The number of anilines is 1. The molecule has 4 rings (SSSR count). The minimum Gasteiger partial charge on any atom is -0.430 e. The van der Waals surface area contributed by atoms with Crippen LogP contribution in [0.5, 0.6) is 0 Å². The van der Waals surface area contributed by atoms with E-state index in [9.17, 15) is 17.6 Å². The second-order valence-electron chi connectivity index (χ2n) is 9.14. The van der Waals surface area contributed by atoms with Gasteiger partial charge in [-0.15, -0.1) is 16.4 Å². The molecule has 11 heteroatoms. The molecule has 1 atom stereocenters. The number of hydroxylamine groups is 2. The number of hydrogen-bond donors (Lipinski definition) is 0. The maximum atomic E-state index is 14.6. The van der Waals surface area contributed by atoms with Crippen LogP contribution >= 0.6 is 11.3 Å². The number of carbonyl (C=O) groups excluding carboxylic acids is 1. The number of benzene rings is 1. The van der Waals surface area contributed by atoms with Crippen molar-refractivity contribution in [2.45, 2.75) is 55.9 Å². The van der Waals surface area contributed by atoms with Crippen LogP contribution in [0.1, 0.15) is 55.6 Å². The van der Waals surface area contributed by atoms with Gasteiger partial charge in [0.15, 0.2) is 9.84 Å². The van der Waals surface area contributed by atoms with Crippen LogP contribution in [-0.4, -0.2) is 63.2 Å². The zero-order chi connectivity index (χ0) is 24.5. The molecule has 2 saturated heterocycles. The molecule has 2 aliphatic rings. The molecule has 1 aromatic carbocycles. The van der Waals surface area contributed by atoms with Crippen LogP contribution in [0.4, 0.5) is 14.9 Å². The summed E-state index contributed by atoms with van der Waals surface area (Å²) in [5.41, 5.74) is 1.49. The maximum Gasteiger partial charge on any atom is 0.528 e. The summed E-state index contributed by atoms with van der Waals surface area (Å²) in [6.07, 6.45) is 2.74. The van der Waals surface area contributed by atoms with Gasteiger partial charge in [-0.05, 0) is 51.3 Å². The summed E-state index contributed by atoms with van der Waals surface area (Å²) in [4.78, 5) is 23.8. The first kappa shape index (κ1) is 24.9. The summed E-state index contributed by atoms with van der Waals surface area (Å²) in [5, 5.41) is 4.80. The van der Waals surface area contributed by atoms with Gasteiger partial charge >= 0.3 is 6.16 Å². The highest BCUT2D eigenvalue weighted by molar-refractivity contribution is 7.90. The third-order valence-electron chi connectivity index (χ3n) is 6.17. The number of ether oxygens (including phenoxy) is 1. The fourth-order valence-electron chi connectivity index (χ4n) is 4.39. The number of sulfone groups is 1. The van der Waals surface area contributed by atoms with E-state index >= 15 is 0 Å². The lowest BCUT2D eigenvalue weighted by molar-refractivity contribution is -0.143. The predicted molar refractivity (Wildman–Crippen MR) is 127 cm³/mol. The molecule has 0 bridgehead atoms. The number of halogens is 1. The van der Waals surface area contributed by atoms with Crippen LogP contribution in [0.25, 0.3) is 0 Å². The second kappa shape index (κ2) is 10.2. The minimum absolute atomic E-state index is 0.0117. The normalized spacial score (nSPS) is 20.1. The van der Waals surface area contributed by atoms with E-state index < -0.39 is 21.8 Å². The van der Waals surface area contributed by atoms with E-state index in [0.717, 1.165) is 42.3 Å². The monoisotopic (exact) mass is 511 g/mol. The lowest BCUT2D eigenvalue weighted by atomic mass is 9.95. The SMILES string of the molecule is CC(C)OC(=O)ON1CCC(c2csc([C@H]3CCN(c4ccc(S(C)(=O)=O)cc4F)C3)n2)CC1. The van der Waals surface area contributed by atoms with Crippen molar-refractivity contribution in [3.63, 3.8) is 0 Å². The van der Waals surface area contributed by atoms with Gasteiger partial charge in [0.2, 0.25) is 0 Å². The topological polar surface area (TPSA) is 89.0 Å². The van der Waals surface area contributed by atoms with Crippen LogP contribution in [0, 0.1) is 5.82 Å². The van der Waals surface area contributed by atoms with E-state index in [2.05, 4.69) is 5.38 Å². The van der Waals surface area contributed by atoms with Crippen molar-refractivity contribution in [3.8, 4) is 0 Å². The molecule has 1 aromatic heterocycles. The summed E-state index contributed by atoms with van der Waals surface area (Å²) < 4.78 is 43.0. The van der Waals surface area contributed by atoms with Crippen molar-refractivity contribution < 1.29 is 27.2 Å². The molecule has 0 aliphatic carbocycles. The first-order valence-corrected chi connectivity index (χ1v) is 14.2. The molecule has 2 fully saturated rings. The number of aromatic nitrogens is 1. The third kappa shape index (κ3) is 5.87. The minimum atomic E-state index is -3.44. The van der Waals surface area contributed by atoms with Crippen molar-refractivity contribution in [2.24, 2.45) is 0 Å². The number of nitrogens with zero attached hydrogens (tertiary/aromatic N) is 3. The lowest BCUT2D eigenvalue weighted by Crippen LogP contribution is -2.35. The van der Waals surface area contributed by atoms with E-state index in [0.29, 0.717) is 37.8 Å². The Labute approximate surface area is 203 Å². The highest BCUT2D eigenvalue weighted by atomic mass is 32.2. The van der Waals surface area contributed by atoms with Crippen LogP contribution in [0.2, 0.25) is 0 Å². The Kier molecular flexibility index (Phi) is 7.44. The zero-order valence-electron chi connectivity index (χ0n) is 19.6. The Morgan fingerprint density at radius 2 is 1.88 bits per heavy atom. The number of rotatable bonds is 6. The highest BCUT2D eigenvalue weighted by Crippen LogP contribution is 2.36. The van der Waals surface area contributed by atoms with Crippen LogP contribution in [-0.2, 0) is 19.4 Å². The molecule has 0 radical (unpaired) electrons. The smallest absolute Gasteiger partial charge is 0.430 e. The maximum absolute atomic E-state index is 14.6. The molecule has 0 unspecified atom stereocenters. The molecular formula is C23H30FN3O5S2. The first-order valence-electron chi connectivity index (χ1n) is 11.4. The summed E-state index contributed by atoms with van der Waals surface area (Å²) in [5.74, 6) is 0.000995. The van der Waals surface area contributed by atoms with Crippen LogP contribution in [0.15, 0.2) is 28.5 Å². The number of thiazole rings is 1. The van der Waals surface area contributed by atoms with Gasteiger partial charge in [0.05, 0.1) is 27.4 Å². The summed E-state index contributed by atoms with van der Waals surface area (Å²) >= 11 is 1.64. The van der Waals surface area contributed by atoms with E-state index in [-0.39, 0.29) is 16.9 Å². The van der Waals surface area contributed by atoms with Gasteiger partial charge in [-0.1, -0.05) is 0 Å². The molecule has 8 nitrogen and oxygen atoms in total. The Balaban J connectivity index is 1.33. The molecule has 2 aliphatic heterocycles. The first-order chi connectivity index (χ1) is 16.1. The van der Waals surface area contributed by atoms with Crippen molar-refractivity contribution in [2.75, 3.05) is 37.3 Å². The van der Waals surface area contributed by atoms with Gasteiger partial charge in [-0.25, -0.2) is 22.6 Å². The van der Waals surface area contributed by atoms with Crippen molar-refractivity contribution in [1.29, 1.82) is 0 Å². The molecule has 3 heterocycles. The largest absolute Gasteiger partial charge is 0.528 e. The van der Waals surface area contributed by atoms with Gasteiger partial charge in [0.25, 0.3) is 0 Å². The molecule has 0 N–H and O–H groups in total. The van der Waals surface area contributed by atoms with Crippen molar-refractivity contribution >= 4 is 33.0 Å². The summed E-state index contributed by atoms with van der Waals surface area (Å²) in [6.45, 7) is 6.16. The van der Waals surface area contributed by atoms with Gasteiger partial charge in [0, 0.05) is 49.7 Å². The molecule has 34 heavy (non-hydrogen) atoms. The summed E-state index contributed by atoms with van der Waals surface area (Å²) in [6, 6.07) is 4.10. The Hall–Kier alpha value is -2.24. The van der Waals surface area contributed by atoms with Gasteiger partial charge in [-0.2, -0.15) is 0 Å². The number of hydrogen-bond acceptors (Lipinski definition) is 9. The molecular weight excluding hydrogens is 481 g/mol. The fraction of sp³-hybridized carbons (Fsp3) is 0.565. The van der Waals surface area contributed by atoms with E-state index in [1.54, 1.807) is 36.3 Å². The summed E-state index contributed by atoms with van der Waals surface area (Å²) in [7, 11) is -3.44. The van der Waals surface area contributed by atoms with Crippen molar-refractivity contribution in [3.05, 3.63) is 40.1 Å². The highest BCUT2D eigenvalue weighted by Gasteiger charge is 2.30. The second-order valence-corrected chi connectivity index (χ2v) is 12.0. The molecule has 186 valence electrons. The van der Waals surface area contributed by atoms with Gasteiger partial charge < -0.3 is 14.5 Å². The van der Waals surface area contributed by atoms with E-state index in [1.807, 2.05) is 4.90 Å². The number of carbonyl (C=O) groups is 1. The molecule has 0 saturated carbocycles. The Morgan fingerprint density at radius 1 is 1.18 bits per heavy atom. The van der Waals surface area contributed by atoms with E-state index in [4.69, 9.17) is 14.6 Å². The van der Waals surface area contributed by atoms with Crippen LogP contribution < -0.4 is 4.90 Å².